The first-order chi connectivity index (χ1) is 63.0. The van der Waals surface area contributed by atoms with E-state index in [1.54, 1.807) is 0 Å². The minimum atomic E-state index is -2.04. The van der Waals surface area contributed by atoms with E-state index in [0.717, 1.165) is 14.7 Å². The van der Waals surface area contributed by atoms with Gasteiger partial charge in [0.1, 0.15) is 71.1 Å². The molecule has 0 spiro atoms. The molecule has 6 atom stereocenters. The molecule has 6 saturated heterocycles. The van der Waals surface area contributed by atoms with Crippen LogP contribution in [0.3, 0.4) is 0 Å². The van der Waals surface area contributed by atoms with Crippen LogP contribution in [0.4, 0.5) is 60.5 Å². The van der Waals surface area contributed by atoms with Gasteiger partial charge in [-0.2, -0.15) is 0 Å². The van der Waals surface area contributed by atoms with Crippen LogP contribution in [0.15, 0.2) is 72.5 Å². The van der Waals surface area contributed by atoms with E-state index in [2.05, 4.69) is 16.0 Å². The third-order valence-corrected chi connectivity index (χ3v) is 20.4. The lowest BCUT2D eigenvalue weighted by molar-refractivity contribution is -0.138. The summed E-state index contributed by atoms with van der Waals surface area (Å²) in [6.45, 7) is -1.10. The summed E-state index contributed by atoms with van der Waals surface area (Å²) in [5, 5.41) is 12.4. The summed E-state index contributed by atoms with van der Waals surface area (Å²) in [6, 6.07) is -17.0. The van der Waals surface area contributed by atoms with Crippen molar-refractivity contribution in [2.75, 3.05) is 34.4 Å². The van der Waals surface area contributed by atoms with Crippen LogP contribution in [0.2, 0.25) is 0 Å². The molecule has 42 heteroatoms. The number of nitrogen functional groups attached to an aromatic ring is 6. The van der Waals surface area contributed by atoms with Crippen LogP contribution < -0.4 is 66.3 Å². The Hall–Kier alpha value is -14.6. The number of amides is 18. The van der Waals surface area contributed by atoms with Crippen molar-refractivity contribution in [2.45, 2.75) is 152 Å². The highest BCUT2D eigenvalue weighted by Crippen LogP contribution is 2.39. The van der Waals surface area contributed by atoms with Crippen LogP contribution in [-0.4, -0.2) is 172 Å². The van der Waals surface area contributed by atoms with Gasteiger partial charge in [-0.3, -0.25) is 118 Å². The lowest BCUT2D eigenvalue weighted by Crippen LogP contribution is -2.52. The Balaban J connectivity index is 0.000000137. The molecule has 36 nitrogen and oxygen atoms in total. The molecule has 6 aromatic carbocycles. The van der Waals surface area contributed by atoms with Crippen LogP contribution in [0.5, 0.6) is 0 Å². The smallest absolute Gasteiger partial charge is 0.255 e. The second kappa shape index (κ2) is 33.2. The van der Waals surface area contributed by atoms with E-state index in [-0.39, 0.29) is 217 Å². The highest BCUT2D eigenvalue weighted by Gasteiger charge is 2.47. The summed E-state index contributed by atoms with van der Waals surface area (Å²) in [5.74, 6) is -19.3. The van der Waals surface area contributed by atoms with Crippen LogP contribution >= 0.6 is 0 Å². The van der Waals surface area contributed by atoms with Gasteiger partial charge >= 0.3 is 0 Å². The van der Waals surface area contributed by atoms with Crippen molar-refractivity contribution in [3.63, 3.8) is 0 Å². The fourth-order valence-electron chi connectivity index (χ4n) is 14.5. The van der Waals surface area contributed by atoms with Gasteiger partial charge < -0.3 is 63.8 Å². The zero-order chi connectivity index (χ0) is 99.8. The number of anilines is 6. The van der Waals surface area contributed by atoms with Crippen LogP contribution in [0.25, 0.3) is 0 Å². The molecule has 12 heterocycles. The zero-order valence-electron chi connectivity index (χ0n) is 76.7. The molecule has 6 fully saturated rings. The number of piperidine rings is 6. The summed E-state index contributed by atoms with van der Waals surface area (Å²) in [6.07, 6.45) is -0.199. The highest BCUT2D eigenvalue weighted by atomic mass is 19.1. The predicted molar refractivity (Wildman–Crippen MR) is 401 cm³/mol. The number of benzene rings is 6. The number of nitrogens with two attached hydrogens (primary N) is 6. The van der Waals surface area contributed by atoms with Gasteiger partial charge in [0.15, 0.2) is 0 Å². The number of rotatable bonds is 6. The van der Waals surface area contributed by atoms with E-state index >= 15 is 0 Å². The summed E-state index contributed by atoms with van der Waals surface area (Å²) in [4.78, 5) is 220. The molecule has 12 aliphatic rings. The average Bonchev–Trinajstić information content (AvgIpc) is 1.57. The molecule has 12 aliphatic heterocycles. The van der Waals surface area contributed by atoms with Crippen LogP contribution in [-0.2, 0) is 96.8 Å². The third kappa shape index (κ3) is 16.6. The molecule has 0 radical (unpaired) electrons. The fraction of sp³-hybridized carbons (Fsp3) is 0.308. The quantitative estimate of drug-likeness (QED) is 0.0629. The molecule has 0 bridgehead atoms. The Labute approximate surface area is 694 Å². The third-order valence-electron chi connectivity index (χ3n) is 20.4. The number of nitrogens with one attached hydrogen (secondary N) is 6. The number of hydrogen-bond donors (Lipinski definition) is 12. The maximum atomic E-state index is 13.8. The van der Waals surface area contributed by atoms with E-state index < -0.39 is 250 Å². The fourth-order valence-corrected chi connectivity index (χ4v) is 14.5. The monoisotopic (exact) mass is 1680 g/mol. The van der Waals surface area contributed by atoms with Crippen molar-refractivity contribution in [2.24, 2.45) is 0 Å². The first kappa shape index (κ1) is 65.5. The van der Waals surface area contributed by atoms with Gasteiger partial charge in [0.2, 0.25) is 70.9 Å². The molecule has 6 aromatic rings. The van der Waals surface area contributed by atoms with E-state index in [1.165, 1.54) is 14.7 Å². The number of carbonyl (C=O) groups excluding carboxylic acids is 18. The van der Waals surface area contributed by atoms with Crippen molar-refractivity contribution >= 4 is 140 Å². The van der Waals surface area contributed by atoms with Gasteiger partial charge in [-0.05, 0) is 111 Å². The molecule has 18 N–H and O–H groups in total. The number of halogens is 6. The van der Waals surface area contributed by atoms with Crippen molar-refractivity contribution in [1.82, 2.24) is 61.3 Å². The van der Waals surface area contributed by atoms with E-state index in [1.807, 2.05) is 16.0 Å². The molecule has 18 amide bonds. The zero-order valence-corrected chi connectivity index (χ0v) is 61.7. The van der Waals surface area contributed by atoms with Gasteiger partial charge in [0.05, 0.1) is 20.6 Å². The molecule has 18 rings (SSSR count). The van der Waals surface area contributed by atoms with E-state index in [9.17, 15) is 113 Å². The predicted octanol–water partition coefficient (Wildman–Crippen LogP) is 1.01. The Bertz CT molecular complexity index is 5930. The summed E-state index contributed by atoms with van der Waals surface area (Å²) < 4.78 is 199. The number of carbonyl (C=O) groups is 18. The second-order valence-electron chi connectivity index (χ2n) is 27.8. The molecular formula is C78H72F6N18O18. The SMILES string of the molecule is [2H]c1c(N)c2c(c([2H])c1F)C(=O)N(C1([2H])CCC(=O)NC1=O)C2.[2H]c1c(N)c2c(c([2H])c1F)C(=O)N(C1CCC(=O)NC1=O)C2.[2H]c1c(N)c2c(c([2H])c1F)C(=O)N([C@@H]1CCC(=O)NC1=O)C2.[2H]c1c(N)c2c(c([2H])c1F)C(=O)N([C@@]1([2H])CCC(=O)NC1=O)C2.[2H]c1c(N)c2c(c([2H])c1F)C(=O)N([C@H]1CCC(=O)NC1=O)C2.[2H]c1c(N)c2c(c([2H])c1F)C(=O)N([C@]1([2H])CCC(=O)NC1=O)C2. The van der Waals surface area contributed by atoms with E-state index in [0.29, 0.717) is 0 Å². The van der Waals surface area contributed by atoms with Crippen molar-refractivity contribution < 1.29 is 133 Å². The second-order valence-corrected chi connectivity index (χ2v) is 27.8. The first-order valence-electron chi connectivity index (χ1n) is 43.4. The van der Waals surface area contributed by atoms with Crippen molar-refractivity contribution in [3.05, 3.63) is 174 Å². The number of imide groups is 6. The number of nitrogens with zero attached hydrogens (tertiary/aromatic N) is 6. The van der Waals surface area contributed by atoms with Crippen LogP contribution in [0.1, 0.15) is 193 Å². The van der Waals surface area contributed by atoms with Gasteiger partial charge in [-0.1, -0.05) is 0 Å². The Morgan fingerprint density at radius 3 is 0.583 bits per heavy atom. The Kier molecular flexibility index (Phi) is 18.1. The summed E-state index contributed by atoms with van der Waals surface area (Å²) in [7, 11) is 0. The van der Waals surface area contributed by atoms with E-state index in [4.69, 9.17) is 55.0 Å². The van der Waals surface area contributed by atoms with Crippen LogP contribution in [0, 0.1) is 34.9 Å². The molecule has 0 aromatic heterocycles. The molecule has 120 heavy (non-hydrogen) atoms. The molecule has 624 valence electrons. The standard InChI is InChI=1S/6C13H12FN3O3/c6*14-6-3-7-8(9(15)4-6)5-17(13(7)20)10-1-2-11(18)16-12(10)19/h6*3-4,10H,1-2,5,15H2,(H,16,18,19)/t4*10-;;/m1100../s1/i3D,4D,10D;3D,4D;3D,4D,10D;3D,4D;3D,4D,10D;3D,4D. The molecule has 0 saturated carbocycles. The molecular weight excluding hydrogens is 1590 g/mol. The maximum Gasteiger partial charge on any atom is 0.255 e. The van der Waals surface area contributed by atoms with Gasteiger partial charge in [0.25, 0.3) is 35.4 Å². The summed E-state index contributed by atoms with van der Waals surface area (Å²) >= 11 is 0. The number of fused-ring (bicyclic) bond motifs is 6. The largest absolute Gasteiger partial charge is 0.398 e. The lowest BCUT2D eigenvalue weighted by Gasteiger charge is -2.29. The van der Waals surface area contributed by atoms with Gasteiger partial charge in [-0.15, -0.1) is 0 Å². The van der Waals surface area contributed by atoms with Crippen molar-refractivity contribution in [1.29, 1.82) is 0 Å². The number of hydrogen-bond acceptors (Lipinski definition) is 24. The van der Waals surface area contributed by atoms with Gasteiger partial charge in [-0.25, -0.2) is 26.3 Å². The Morgan fingerprint density at radius 2 is 0.408 bits per heavy atom. The normalized spacial score (nSPS) is 25.6. The minimum absolute atomic E-state index is 0.0581. The lowest BCUT2D eigenvalue weighted by atomic mass is 10.0. The first-order valence-corrected chi connectivity index (χ1v) is 35.9. The molecule has 2 unspecified atom stereocenters. The Morgan fingerprint density at radius 1 is 0.250 bits per heavy atom. The highest BCUT2D eigenvalue weighted by molar-refractivity contribution is 6.12. The molecule has 0 aliphatic carbocycles. The maximum absolute atomic E-state index is 13.8. The summed E-state index contributed by atoms with van der Waals surface area (Å²) in [5.41, 5.74) is 31.6. The topological polar surface area (TPSA) is 555 Å². The van der Waals surface area contributed by atoms with Gasteiger partial charge in [0, 0.05) is 179 Å². The van der Waals surface area contributed by atoms with Crippen molar-refractivity contribution in [3.8, 4) is 0 Å². The minimum Gasteiger partial charge on any atom is -0.398 e. The average molecular weight is 1680 g/mol.